The number of carbonyl (C=O) groups is 6. The second-order valence-corrected chi connectivity index (χ2v) is 28.6. The molecule has 22 nitrogen and oxygen atoms in total. The largest absolute Gasteiger partial charge is 0.478 e. The van der Waals surface area contributed by atoms with Gasteiger partial charge in [0, 0.05) is 160 Å². The number of alkyl halides is 20. The molecule has 0 radical (unpaired) electrons. The fraction of sp³-hybridized carbons (Fsp3) is 0.289. The third-order valence-corrected chi connectivity index (χ3v) is 18.8. The summed E-state index contributed by atoms with van der Waals surface area (Å²) >= 11 is 9.53. The first kappa shape index (κ1) is 96.2. The van der Waals surface area contributed by atoms with Crippen molar-refractivity contribution < 1.29 is 126 Å². The van der Waals surface area contributed by atoms with Crippen LogP contribution in [0.1, 0.15) is 122 Å². The van der Waals surface area contributed by atoms with E-state index in [0.717, 1.165) is 42.5 Å². The first-order chi connectivity index (χ1) is 58.7. The molecule has 14 rings (SSSR count). The third kappa shape index (κ3) is 27.2. The van der Waals surface area contributed by atoms with Crippen molar-refractivity contribution in [3.05, 3.63) is 220 Å². The molecule has 125 heavy (non-hydrogen) atoms. The van der Waals surface area contributed by atoms with E-state index >= 15 is 0 Å². The van der Waals surface area contributed by atoms with E-state index < -0.39 is 134 Å². The van der Waals surface area contributed by atoms with E-state index in [9.17, 15) is 103 Å². The van der Waals surface area contributed by atoms with Gasteiger partial charge >= 0.3 is 30.7 Å². The number of carbonyl (C=O) groups excluding carboxylic acids is 5. The number of pyridine rings is 5. The zero-order valence-corrected chi connectivity index (χ0v) is 66.6. The highest BCUT2D eigenvalue weighted by molar-refractivity contribution is 6.40. The van der Waals surface area contributed by atoms with Crippen LogP contribution >= 0.6 is 23.2 Å². The van der Waals surface area contributed by atoms with Crippen LogP contribution in [0.25, 0.3) is 78.8 Å². The molecule has 0 unspecified atom stereocenters. The van der Waals surface area contributed by atoms with Gasteiger partial charge in [0.1, 0.15) is 45.7 Å². The number of fused-ring (bicyclic) bond motifs is 3. The number of carboxylic acid groups (broad SMARTS) is 1. The summed E-state index contributed by atoms with van der Waals surface area (Å²) in [5, 5.41) is 12.3. The minimum Gasteiger partial charge on any atom is -0.478 e. The Hall–Kier alpha value is -12.6. The molecule has 0 spiro atoms. The smallest absolute Gasteiger partial charge is 0.446 e. The molecule has 0 aliphatic carbocycles. The number of halogens is 20. The lowest BCUT2D eigenvalue weighted by Crippen LogP contribution is -2.42. The topological polar surface area (TPSA) is 326 Å². The summed E-state index contributed by atoms with van der Waals surface area (Å²) in [6.45, 7) is 1.27. The normalized spacial score (nSPS) is 15.1. The Labute approximate surface area is 707 Å². The van der Waals surface area contributed by atoms with Crippen molar-refractivity contribution in [2.45, 2.75) is 107 Å². The van der Waals surface area contributed by atoms with Crippen molar-refractivity contribution in [1.82, 2.24) is 44.9 Å². The molecule has 3 aliphatic rings. The summed E-state index contributed by atoms with van der Waals surface area (Å²) in [6, 6.07) is 25.5. The lowest BCUT2D eigenvalue weighted by Gasteiger charge is -2.31. The van der Waals surface area contributed by atoms with Crippen molar-refractivity contribution in [2.24, 2.45) is 5.73 Å². The summed E-state index contributed by atoms with van der Waals surface area (Å²) in [6.07, 6.45) is -9.50. The number of likely N-dealkylation sites (tertiary alicyclic amines) is 3. The number of aromatic nitrogens is 5. The number of furan rings is 3. The molecule has 8 N–H and O–H groups in total. The second kappa shape index (κ2) is 40.8. The number of carboxylic acids is 1. The number of hydrogen-bond acceptors (Lipinski definition) is 17. The molecule has 0 atom stereocenters. The molecule has 3 fully saturated rings. The predicted molar refractivity (Wildman–Crippen MR) is 424 cm³/mol. The Morgan fingerprint density at radius 2 is 0.776 bits per heavy atom. The number of aldehydes is 1. The summed E-state index contributed by atoms with van der Waals surface area (Å²) in [4.78, 5) is 93.2. The zero-order valence-electron chi connectivity index (χ0n) is 65.0. The minimum absolute atomic E-state index is 0.0191. The number of nitrogens with zero attached hydrogens (tertiary/aromatic N) is 8. The fourth-order valence-electron chi connectivity index (χ4n) is 12.4. The first-order valence-corrected chi connectivity index (χ1v) is 38.2. The van der Waals surface area contributed by atoms with Gasteiger partial charge in [0.25, 0.3) is 35.5 Å². The van der Waals surface area contributed by atoms with Crippen LogP contribution in [-0.4, -0.2) is 149 Å². The number of aliphatic carboxylic acids is 1. The van der Waals surface area contributed by atoms with E-state index in [4.69, 9.17) is 63.6 Å². The highest BCUT2D eigenvalue weighted by Crippen LogP contribution is 2.43. The maximum absolute atomic E-state index is 13.7. The number of anilines is 2. The first-order valence-electron chi connectivity index (χ1n) is 37.1. The molecule has 4 amide bonds. The van der Waals surface area contributed by atoms with Gasteiger partial charge in [0.15, 0.2) is 0 Å². The highest BCUT2D eigenvalue weighted by atomic mass is 35.5. The van der Waals surface area contributed by atoms with Crippen LogP contribution in [0.15, 0.2) is 172 Å². The van der Waals surface area contributed by atoms with Gasteiger partial charge in [-0.25, -0.2) is 41.1 Å². The molecular formula is C83H72Cl2F18N12O10. The molecule has 8 aromatic heterocycles. The lowest BCUT2D eigenvalue weighted by molar-refractivity contribution is -0.156. The monoisotopic (exact) mass is 1810 g/mol. The van der Waals surface area contributed by atoms with Gasteiger partial charge in [-0.15, -0.1) is 23.2 Å². The SMILES string of the molecule is CCc1cc2c(-c3ccc(C(=O)N4CCC(F)(F)CC4)cn3)cc(C(F)(F)F)cc2o1.ClCCl.NCc1cc2c(-c3ccc(C(=O)N4CCC(F)(F)CC4)cn3)cc(C(F)(F)F)cc2o1.Nc1ccc(/C=C/C(=O)NCc2cc3c(-c4ccc(C(=O)N5CCC(F)(F)CC5)cn4)cc(C(F)(F)F)cc3o2)cn1.Nc1ccc(/C=C/C(=O)O)cn1.O=CC(F)(F)F. The number of nitrogens with one attached hydrogen (secondary N) is 1. The van der Waals surface area contributed by atoms with Crippen molar-refractivity contribution in [2.75, 3.05) is 56.1 Å². The number of nitrogens with two attached hydrogens (primary N) is 3. The quantitative estimate of drug-likeness (QED) is 0.0292. The van der Waals surface area contributed by atoms with E-state index in [1.54, 1.807) is 36.4 Å². The summed E-state index contributed by atoms with van der Waals surface area (Å²) in [5.41, 5.74) is 16.8. The molecule has 3 saturated heterocycles. The van der Waals surface area contributed by atoms with Crippen LogP contribution in [0.2, 0.25) is 0 Å². The van der Waals surface area contributed by atoms with Gasteiger partial charge in [0.2, 0.25) is 12.2 Å². The number of aryl methyl sites for hydroxylation is 1. The van der Waals surface area contributed by atoms with Gasteiger partial charge in [0.05, 0.1) is 68.9 Å². The number of hydrogen-bond donors (Lipinski definition) is 5. The van der Waals surface area contributed by atoms with Crippen molar-refractivity contribution in [3.63, 3.8) is 0 Å². The maximum atomic E-state index is 13.7. The minimum atomic E-state index is -4.68. The Bertz CT molecular complexity index is 5460. The van der Waals surface area contributed by atoms with Gasteiger partial charge in [-0.2, -0.15) is 52.7 Å². The molecular weight excluding hydrogens is 1740 g/mol. The van der Waals surface area contributed by atoms with Crippen molar-refractivity contribution in [3.8, 4) is 33.8 Å². The molecule has 42 heteroatoms. The maximum Gasteiger partial charge on any atom is 0.446 e. The summed E-state index contributed by atoms with van der Waals surface area (Å²) in [5.74, 6) is -9.34. The zero-order chi connectivity index (χ0) is 91.7. The summed E-state index contributed by atoms with van der Waals surface area (Å²) < 4.78 is 249. The Balaban J connectivity index is 0.000000192. The van der Waals surface area contributed by atoms with Crippen LogP contribution in [0.4, 0.5) is 90.7 Å². The second-order valence-electron chi connectivity index (χ2n) is 27.8. The number of amides is 4. The van der Waals surface area contributed by atoms with Crippen molar-refractivity contribution >= 4 is 116 Å². The van der Waals surface area contributed by atoms with Crippen LogP contribution in [-0.2, 0) is 52.4 Å². The van der Waals surface area contributed by atoms with Crippen LogP contribution in [0.3, 0.4) is 0 Å². The molecule has 11 heterocycles. The third-order valence-electron chi connectivity index (χ3n) is 18.8. The van der Waals surface area contributed by atoms with Gasteiger partial charge in [-0.05, 0) is 139 Å². The number of benzene rings is 3. The molecule has 0 bridgehead atoms. The Kier molecular flexibility index (Phi) is 31.4. The van der Waals surface area contributed by atoms with Crippen molar-refractivity contribution in [1.29, 1.82) is 0 Å². The van der Waals surface area contributed by atoms with E-state index in [1.807, 2.05) is 6.92 Å². The Morgan fingerprint density at radius 3 is 1.06 bits per heavy atom. The predicted octanol–water partition coefficient (Wildman–Crippen LogP) is 19.4. The van der Waals surface area contributed by atoms with E-state index in [-0.39, 0.29) is 131 Å². The fourth-order valence-corrected chi connectivity index (χ4v) is 12.4. The van der Waals surface area contributed by atoms with E-state index in [0.29, 0.717) is 56.9 Å². The van der Waals surface area contributed by atoms with E-state index in [2.05, 4.69) is 30.2 Å². The lowest BCUT2D eigenvalue weighted by atomic mass is 10.0. The standard InChI is InChI=1S/C29H24F5N5O3.C22H19F5N2O2.C21H18F5N3O2.C8H8N2O2.C2HF3O.CH2Cl2/c30-28(31)7-9-39(10-8-28)27(41)18-3-4-23(36-15-18)21-11-19(29(32,33)34)12-24-22(21)13-20(42-24)16-38-26(40)6-2-17-1-5-25(35)37-14-17;1-2-15-11-17-16(9-14(22(25,26)27)10-19(17)31-15)18-4-3-13(12-28-18)20(30)29-7-5-21(23,24)6-8-29;22-20(23)3-5-29(6-4-20)19(30)12-1-2-17(28-11-12)15-7-13(21(24,25)26)8-18-16(15)9-14(10-27)31-18;9-7-3-1-6(5-10-7)2-4-8(11)12;3-2(4,5)1-6;2-1-3/h1-6,11-15H,7-10,16H2,(H2,35,37)(H,38,40);3-4,9-12H,2,5-8H2,1H3;1-2,7-9,11H,3-6,10,27H2;1-5H,(H2,9,10)(H,11,12);1H;1H2/b6-2+;;;4-2+;;. The van der Waals surface area contributed by atoms with E-state index in [1.165, 1.54) is 106 Å². The molecule has 3 aliphatic heterocycles. The van der Waals surface area contributed by atoms with Crippen LogP contribution < -0.4 is 22.5 Å². The molecule has 664 valence electrons. The molecule has 11 aromatic rings. The molecule has 0 saturated carbocycles. The van der Waals surface area contributed by atoms with Crippen LogP contribution in [0.5, 0.6) is 0 Å². The average molecular weight is 1810 g/mol. The Morgan fingerprint density at radius 1 is 0.464 bits per heavy atom. The number of piperidine rings is 3. The average Bonchev–Trinajstić information content (AvgIpc) is 1.68. The number of nitrogen functional groups attached to an aromatic ring is 2. The molecule has 3 aromatic carbocycles. The van der Waals surface area contributed by atoms with Gasteiger partial charge in [-0.3, -0.25) is 38.9 Å². The van der Waals surface area contributed by atoms with Gasteiger partial charge in [-0.1, -0.05) is 6.92 Å². The summed E-state index contributed by atoms with van der Waals surface area (Å²) in [7, 11) is 0. The van der Waals surface area contributed by atoms with Crippen LogP contribution in [0, 0.1) is 0 Å². The number of rotatable bonds is 14. The van der Waals surface area contributed by atoms with Gasteiger partial charge < -0.3 is 55.6 Å². The highest BCUT2D eigenvalue weighted by Gasteiger charge is 2.41.